The molecule has 0 radical (unpaired) electrons. The molecule has 0 spiro atoms. The van der Waals surface area contributed by atoms with Gasteiger partial charge in [-0.05, 0) is 25.0 Å². The first-order valence-electron chi connectivity index (χ1n) is 6.74. The molecule has 0 amide bonds. The van der Waals surface area contributed by atoms with Gasteiger partial charge in [-0.25, -0.2) is 4.98 Å². The number of aliphatic hydroxyl groups is 1. The molecule has 0 saturated heterocycles. The fourth-order valence-electron chi connectivity index (χ4n) is 2.27. The fourth-order valence-corrected chi connectivity index (χ4v) is 2.56. The summed E-state index contributed by atoms with van der Waals surface area (Å²) in [6.07, 6.45) is 2.34. The first-order chi connectivity index (χ1) is 9.72. The maximum atomic E-state index is 9.26. The van der Waals surface area contributed by atoms with Crippen LogP contribution in [0.5, 0.6) is 0 Å². The number of halogens is 1. The number of pyridine rings is 1. The van der Waals surface area contributed by atoms with Gasteiger partial charge in [0, 0.05) is 30.5 Å². The summed E-state index contributed by atoms with van der Waals surface area (Å²) in [5.74, 6) is 0. The van der Waals surface area contributed by atoms with Gasteiger partial charge < -0.3 is 10.4 Å². The summed E-state index contributed by atoms with van der Waals surface area (Å²) in [6, 6.07) is 14.1. The summed E-state index contributed by atoms with van der Waals surface area (Å²) in [7, 11) is 0. The van der Waals surface area contributed by atoms with Gasteiger partial charge in [0.25, 0.3) is 0 Å². The van der Waals surface area contributed by atoms with Crippen molar-refractivity contribution in [1.29, 1.82) is 0 Å². The standard InChI is InChI=1S/C16H19ClN2O/c1-12(14-8-5-10-18-16(14)17)19-15(9-11-20)13-6-3-2-4-7-13/h2-8,10,12,15,19-20H,9,11H2,1H3/t12?,15-/m1/s1. The molecule has 0 aliphatic carbocycles. The third-order valence-electron chi connectivity index (χ3n) is 3.33. The SMILES string of the molecule is CC(N[C@H](CCO)c1ccccc1)c1cccnc1Cl. The first kappa shape index (κ1) is 15.0. The van der Waals surface area contributed by atoms with Gasteiger partial charge in [0.15, 0.2) is 0 Å². The maximum absolute atomic E-state index is 9.26. The molecule has 1 heterocycles. The van der Waals surface area contributed by atoms with Gasteiger partial charge in [-0.15, -0.1) is 0 Å². The smallest absolute Gasteiger partial charge is 0.133 e. The van der Waals surface area contributed by atoms with Gasteiger partial charge >= 0.3 is 0 Å². The Labute approximate surface area is 124 Å². The lowest BCUT2D eigenvalue weighted by Gasteiger charge is -2.24. The molecular weight excluding hydrogens is 272 g/mol. The van der Waals surface area contributed by atoms with Crippen LogP contribution in [0.15, 0.2) is 48.7 Å². The quantitative estimate of drug-likeness (QED) is 0.800. The van der Waals surface area contributed by atoms with E-state index >= 15 is 0 Å². The number of nitrogens with zero attached hydrogens (tertiary/aromatic N) is 1. The van der Waals surface area contributed by atoms with Crippen LogP contribution >= 0.6 is 11.6 Å². The number of nitrogens with one attached hydrogen (secondary N) is 1. The van der Waals surface area contributed by atoms with Crippen molar-refractivity contribution in [1.82, 2.24) is 10.3 Å². The minimum absolute atomic E-state index is 0.0629. The third-order valence-corrected chi connectivity index (χ3v) is 3.64. The van der Waals surface area contributed by atoms with Crippen molar-refractivity contribution in [3.8, 4) is 0 Å². The van der Waals surface area contributed by atoms with Crippen molar-refractivity contribution in [3.63, 3.8) is 0 Å². The molecule has 1 aromatic carbocycles. The highest BCUT2D eigenvalue weighted by Crippen LogP contribution is 2.25. The Morgan fingerprint density at radius 1 is 1.20 bits per heavy atom. The highest BCUT2D eigenvalue weighted by molar-refractivity contribution is 6.30. The Bertz CT molecular complexity index is 533. The zero-order chi connectivity index (χ0) is 14.4. The lowest BCUT2D eigenvalue weighted by atomic mass is 10.0. The van der Waals surface area contributed by atoms with Gasteiger partial charge in [-0.3, -0.25) is 0 Å². The first-order valence-corrected chi connectivity index (χ1v) is 7.12. The zero-order valence-electron chi connectivity index (χ0n) is 11.5. The van der Waals surface area contributed by atoms with Crippen molar-refractivity contribution < 1.29 is 5.11 Å². The van der Waals surface area contributed by atoms with Crippen molar-refractivity contribution >= 4 is 11.6 Å². The summed E-state index contributed by atoms with van der Waals surface area (Å²) < 4.78 is 0. The van der Waals surface area contributed by atoms with E-state index in [9.17, 15) is 5.11 Å². The number of hydrogen-bond donors (Lipinski definition) is 2. The Hall–Kier alpha value is -1.42. The van der Waals surface area contributed by atoms with Crippen LogP contribution < -0.4 is 5.32 Å². The van der Waals surface area contributed by atoms with Gasteiger partial charge in [-0.1, -0.05) is 48.0 Å². The largest absolute Gasteiger partial charge is 0.396 e. The highest BCUT2D eigenvalue weighted by Gasteiger charge is 2.16. The van der Waals surface area contributed by atoms with Crippen LogP contribution in [0.3, 0.4) is 0 Å². The second-order valence-corrected chi connectivity index (χ2v) is 5.11. The number of aromatic nitrogens is 1. The maximum Gasteiger partial charge on any atom is 0.133 e. The Kier molecular flexibility index (Phi) is 5.53. The molecule has 2 rings (SSSR count). The van der Waals surface area contributed by atoms with E-state index < -0.39 is 0 Å². The molecule has 0 saturated carbocycles. The van der Waals surface area contributed by atoms with Crippen molar-refractivity contribution in [2.24, 2.45) is 0 Å². The minimum Gasteiger partial charge on any atom is -0.396 e. The van der Waals surface area contributed by atoms with Crippen LogP contribution in [-0.4, -0.2) is 16.7 Å². The molecule has 0 fully saturated rings. The van der Waals surface area contributed by atoms with Crippen molar-refractivity contribution in [3.05, 3.63) is 64.9 Å². The lowest BCUT2D eigenvalue weighted by molar-refractivity contribution is 0.260. The van der Waals surface area contributed by atoms with Crippen LogP contribution in [0, 0.1) is 0 Å². The molecule has 2 atom stereocenters. The fraction of sp³-hybridized carbons (Fsp3) is 0.312. The summed E-state index contributed by atoms with van der Waals surface area (Å²) in [5, 5.41) is 13.3. The average molecular weight is 291 g/mol. The molecule has 1 aromatic heterocycles. The van der Waals surface area contributed by atoms with Gasteiger partial charge in [0.2, 0.25) is 0 Å². The molecule has 2 aromatic rings. The van der Waals surface area contributed by atoms with E-state index in [1.54, 1.807) is 6.20 Å². The number of rotatable bonds is 6. The minimum atomic E-state index is 0.0629. The molecule has 106 valence electrons. The second-order valence-electron chi connectivity index (χ2n) is 4.75. The predicted molar refractivity (Wildman–Crippen MR) is 81.7 cm³/mol. The Morgan fingerprint density at radius 2 is 1.95 bits per heavy atom. The number of hydrogen-bond acceptors (Lipinski definition) is 3. The van der Waals surface area contributed by atoms with Gasteiger partial charge in [0.1, 0.15) is 5.15 Å². The number of benzene rings is 1. The summed E-state index contributed by atoms with van der Waals surface area (Å²) in [6.45, 7) is 2.19. The Morgan fingerprint density at radius 3 is 2.60 bits per heavy atom. The molecule has 4 heteroatoms. The van der Waals surface area contributed by atoms with Crippen LogP contribution in [0.4, 0.5) is 0 Å². The van der Waals surface area contributed by atoms with Gasteiger partial charge in [-0.2, -0.15) is 0 Å². The van der Waals surface area contributed by atoms with Crippen molar-refractivity contribution in [2.75, 3.05) is 6.61 Å². The summed E-state index contributed by atoms with van der Waals surface area (Å²) in [5.41, 5.74) is 2.13. The molecule has 20 heavy (non-hydrogen) atoms. The van der Waals surface area contributed by atoms with Crippen LogP contribution in [0.25, 0.3) is 0 Å². The van der Waals surface area contributed by atoms with Crippen LogP contribution in [-0.2, 0) is 0 Å². The summed E-state index contributed by atoms with van der Waals surface area (Å²) >= 11 is 6.13. The molecule has 0 bridgehead atoms. The van der Waals surface area contributed by atoms with E-state index in [1.807, 2.05) is 30.3 Å². The van der Waals surface area contributed by atoms with Crippen molar-refractivity contribution in [2.45, 2.75) is 25.4 Å². The van der Waals surface area contributed by atoms with Crippen LogP contribution in [0.2, 0.25) is 5.15 Å². The monoisotopic (exact) mass is 290 g/mol. The van der Waals surface area contributed by atoms with Gasteiger partial charge in [0.05, 0.1) is 0 Å². The van der Waals surface area contributed by atoms with E-state index in [4.69, 9.17) is 11.6 Å². The zero-order valence-corrected chi connectivity index (χ0v) is 12.2. The third kappa shape index (κ3) is 3.79. The second kappa shape index (κ2) is 7.39. The topological polar surface area (TPSA) is 45.1 Å². The number of aliphatic hydroxyl groups excluding tert-OH is 1. The highest BCUT2D eigenvalue weighted by atomic mass is 35.5. The normalized spacial score (nSPS) is 13.9. The summed E-state index contributed by atoms with van der Waals surface area (Å²) in [4.78, 5) is 4.10. The molecule has 3 nitrogen and oxygen atoms in total. The van der Waals surface area contributed by atoms with E-state index in [2.05, 4.69) is 29.4 Å². The molecule has 2 N–H and O–H groups in total. The molecule has 0 aliphatic heterocycles. The lowest BCUT2D eigenvalue weighted by Crippen LogP contribution is -2.25. The van der Waals surface area contributed by atoms with E-state index in [0.29, 0.717) is 11.6 Å². The predicted octanol–water partition coefficient (Wildman–Crippen LogP) is 3.51. The van der Waals surface area contributed by atoms with E-state index in [-0.39, 0.29) is 18.7 Å². The van der Waals surface area contributed by atoms with Crippen LogP contribution in [0.1, 0.15) is 36.6 Å². The molecule has 0 aliphatic rings. The molecular formula is C16H19ClN2O. The molecule has 1 unspecified atom stereocenters. The Balaban J connectivity index is 2.14. The van der Waals surface area contributed by atoms with E-state index in [0.717, 1.165) is 11.1 Å². The van der Waals surface area contributed by atoms with E-state index in [1.165, 1.54) is 0 Å². The average Bonchev–Trinajstić information content (AvgIpc) is 2.48.